The van der Waals surface area contributed by atoms with Gasteiger partial charge in [-0.2, -0.15) is 0 Å². The summed E-state index contributed by atoms with van der Waals surface area (Å²) in [5.41, 5.74) is 1.02. The van der Waals surface area contributed by atoms with Crippen molar-refractivity contribution in [1.29, 1.82) is 0 Å². The predicted molar refractivity (Wildman–Crippen MR) is 72.6 cm³/mol. The molecule has 1 aromatic carbocycles. The Bertz CT molecular complexity index is 521. The highest BCUT2D eigenvalue weighted by Gasteiger charge is 2.22. The number of hydrogen-bond acceptors (Lipinski definition) is 5. The number of phenolic OH excluding ortho intramolecular Hbond substituents is 1. The highest BCUT2D eigenvalue weighted by molar-refractivity contribution is 5.83. The molecule has 0 saturated carbocycles. The van der Waals surface area contributed by atoms with Crippen LogP contribution in [0.15, 0.2) is 30.0 Å². The third-order valence-electron chi connectivity index (χ3n) is 3.25. The quantitative estimate of drug-likeness (QED) is 0.836. The van der Waals surface area contributed by atoms with Crippen molar-refractivity contribution in [3.05, 3.63) is 35.6 Å². The van der Waals surface area contributed by atoms with E-state index in [0.29, 0.717) is 24.4 Å². The van der Waals surface area contributed by atoms with Crippen molar-refractivity contribution in [3.63, 3.8) is 0 Å². The Balaban J connectivity index is 1.96. The molecule has 0 radical (unpaired) electrons. The zero-order chi connectivity index (χ0) is 14.5. The number of rotatable bonds is 5. The zero-order valence-electron chi connectivity index (χ0n) is 11.6. The molecule has 1 aliphatic heterocycles. The van der Waals surface area contributed by atoms with Gasteiger partial charge in [0.2, 0.25) is 0 Å². The second-order valence-electron chi connectivity index (χ2n) is 4.62. The largest absolute Gasteiger partial charge is 0.504 e. The lowest BCUT2D eigenvalue weighted by Gasteiger charge is -2.22. The molecule has 0 unspecified atom stereocenters. The summed E-state index contributed by atoms with van der Waals surface area (Å²) in [5, 5.41) is 9.53. The van der Waals surface area contributed by atoms with E-state index in [0.717, 1.165) is 12.0 Å². The molecule has 5 heteroatoms. The lowest BCUT2D eigenvalue weighted by atomic mass is 10.0. The van der Waals surface area contributed by atoms with E-state index in [-0.39, 0.29) is 17.8 Å². The standard InChI is InChI=1S/C15H18O5/c1-18-12-8-11(20-15(17)9-12)5-3-10-4-6-13(16)14(7-10)19-2/h4,6-7,9,11,16H,3,5,8H2,1-2H3/t11-/m0/s1. The second-order valence-corrected chi connectivity index (χ2v) is 4.62. The van der Waals surface area contributed by atoms with Gasteiger partial charge in [0.1, 0.15) is 11.9 Å². The van der Waals surface area contributed by atoms with E-state index in [2.05, 4.69) is 0 Å². The van der Waals surface area contributed by atoms with Gasteiger partial charge in [0, 0.05) is 6.42 Å². The molecule has 0 spiro atoms. The van der Waals surface area contributed by atoms with Crippen molar-refractivity contribution in [1.82, 2.24) is 0 Å². The zero-order valence-corrected chi connectivity index (χ0v) is 11.6. The average Bonchev–Trinajstić information content (AvgIpc) is 2.45. The average molecular weight is 278 g/mol. The molecular weight excluding hydrogens is 260 g/mol. The minimum Gasteiger partial charge on any atom is -0.504 e. The Kier molecular flexibility index (Phi) is 4.50. The van der Waals surface area contributed by atoms with Crippen LogP contribution in [-0.2, 0) is 20.7 Å². The molecule has 0 fully saturated rings. The van der Waals surface area contributed by atoms with Crippen LogP contribution in [-0.4, -0.2) is 31.4 Å². The molecule has 2 rings (SSSR count). The number of carbonyl (C=O) groups excluding carboxylic acids is 1. The Labute approximate surface area is 117 Å². The van der Waals surface area contributed by atoms with E-state index >= 15 is 0 Å². The Morgan fingerprint density at radius 2 is 2.15 bits per heavy atom. The third-order valence-corrected chi connectivity index (χ3v) is 3.25. The van der Waals surface area contributed by atoms with E-state index in [1.54, 1.807) is 19.2 Å². The van der Waals surface area contributed by atoms with Gasteiger partial charge in [-0.3, -0.25) is 0 Å². The first-order valence-corrected chi connectivity index (χ1v) is 6.43. The fourth-order valence-corrected chi connectivity index (χ4v) is 2.16. The summed E-state index contributed by atoms with van der Waals surface area (Å²) in [6.45, 7) is 0. The number of phenols is 1. The summed E-state index contributed by atoms with van der Waals surface area (Å²) >= 11 is 0. The molecule has 1 aromatic rings. The molecule has 20 heavy (non-hydrogen) atoms. The minimum atomic E-state index is -0.360. The number of esters is 1. The first-order valence-electron chi connectivity index (χ1n) is 6.43. The van der Waals surface area contributed by atoms with Crippen LogP contribution >= 0.6 is 0 Å². The summed E-state index contributed by atoms with van der Waals surface area (Å²) in [6.07, 6.45) is 3.21. The summed E-state index contributed by atoms with van der Waals surface area (Å²) in [4.78, 5) is 11.4. The second kappa shape index (κ2) is 6.32. The van der Waals surface area contributed by atoms with Gasteiger partial charge in [0.15, 0.2) is 11.5 Å². The topological polar surface area (TPSA) is 65.0 Å². The molecule has 0 bridgehead atoms. The van der Waals surface area contributed by atoms with Crippen molar-refractivity contribution >= 4 is 5.97 Å². The number of aryl methyl sites for hydroxylation is 1. The van der Waals surface area contributed by atoms with Gasteiger partial charge in [-0.1, -0.05) is 6.07 Å². The summed E-state index contributed by atoms with van der Waals surface area (Å²) in [7, 11) is 3.06. The SMILES string of the molecule is COC1=CC(=O)O[C@@H](CCc2ccc(O)c(OC)c2)C1. The van der Waals surface area contributed by atoms with Crippen LogP contribution in [0.1, 0.15) is 18.4 Å². The maximum Gasteiger partial charge on any atom is 0.334 e. The van der Waals surface area contributed by atoms with Crippen LogP contribution in [0.4, 0.5) is 0 Å². The molecule has 1 heterocycles. The Morgan fingerprint density at radius 3 is 2.85 bits per heavy atom. The third kappa shape index (κ3) is 3.44. The summed E-state index contributed by atoms with van der Waals surface area (Å²) in [6, 6.07) is 5.21. The van der Waals surface area contributed by atoms with Gasteiger partial charge >= 0.3 is 5.97 Å². The monoisotopic (exact) mass is 278 g/mol. The Morgan fingerprint density at radius 1 is 1.35 bits per heavy atom. The number of hydrogen-bond donors (Lipinski definition) is 1. The van der Waals surface area contributed by atoms with Crippen LogP contribution in [0.25, 0.3) is 0 Å². The van der Waals surface area contributed by atoms with Gasteiger partial charge in [-0.05, 0) is 30.5 Å². The number of methoxy groups -OCH3 is 2. The van der Waals surface area contributed by atoms with Gasteiger partial charge in [0.05, 0.1) is 20.3 Å². The first-order chi connectivity index (χ1) is 9.62. The first kappa shape index (κ1) is 14.2. The fourth-order valence-electron chi connectivity index (χ4n) is 2.16. The van der Waals surface area contributed by atoms with Gasteiger partial charge in [-0.25, -0.2) is 4.79 Å². The lowest BCUT2D eigenvalue weighted by molar-refractivity contribution is -0.145. The number of ether oxygens (including phenoxy) is 3. The molecule has 0 aromatic heterocycles. The maximum absolute atomic E-state index is 11.4. The summed E-state index contributed by atoms with van der Waals surface area (Å²) in [5.74, 6) is 0.849. The molecule has 1 aliphatic rings. The molecule has 0 saturated heterocycles. The maximum atomic E-state index is 11.4. The van der Waals surface area contributed by atoms with E-state index in [9.17, 15) is 9.90 Å². The van der Waals surface area contributed by atoms with Gasteiger partial charge < -0.3 is 19.3 Å². The highest BCUT2D eigenvalue weighted by Crippen LogP contribution is 2.27. The van der Waals surface area contributed by atoms with Crippen LogP contribution < -0.4 is 4.74 Å². The lowest BCUT2D eigenvalue weighted by Crippen LogP contribution is -2.23. The number of cyclic esters (lactones) is 1. The van der Waals surface area contributed by atoms with Crippen LogP contribution in [0.3, 0.4) is 0 Å². The van der Waals surface area contributed by atoms with Crippen LogP contribution in [0, 0.1) is 0 Å². The predicted octanol–water partition coefficient (Wildman–Crippen LogP) is 2.18. The smallest absolute Gasteiger partial charge is 0.334 e. The molecule has 0 aliphatic carbocycles. The van der Waals surface area contributed by atoms with E-state index in [1.807, 2.05) is 6.07 Å². The van der Waals surface area contributed by atoms with Gasteiger partial charge in [0.25, 0.3) is 0 Å². The number of benzene rings is 1. The molecular formula is C15H18O5. The van der Waals surface area contributed by atoms with Gasteiger partial charge in [-0.15, -0.1) is 0 Å². The fraction of sp³-hybridized carbons (Fsp3) is 0.400. The van der Waals surface area contributed by atoms with Crippen molar-refractivity contribution in [3.8, 4) is 11.5 Å². The normalized spacial score (nSPS) is 18.2. The Hall–Kier alpha value is -2.17. The molecule has 108 valence electrons. The number of aromatic hydroxyl groups is 1. The van der Waals surface area contributed by atoms with Crippen molar-refractivity contribution in [2.75, 3.05) is 14.2 Å². The molecule has 1 N–H and O–H groups in total. The van der Waals surface area contributed by atoms with E-state index in [4.69, 9.17) is 14.2 Å². The van der Waals surface area contributed by atoms with Crippen molar-refractivity contribution in [2.24, 2.45) is 0 Å². The molecule has 5 nitrogen and oxygen atoms in total. The summed E-state index contributed by atoms with van der Waals surface area (Å²) < 4.78 is 15.4. The van der Waals surface area contributed by atoms with Crippen molar-refractivity contribution < 1.29 is 24.1 Å². The molecule has 1 atom stereocenters. The van der Waals surface area contributed by atoms with Crippen molar-refractivity contribution in [2.45, 2.75) is 25.4 Å². The highest BCUT2D eigenvalue weighted by atomic mass is 16.5. The van der Waals surface area contributed by atoms with Crippen LogP contribution in [0.2, 0.25) is 0 Å². The van der Waals surface area contributed by atoms with E-state index in [1.165, 1.54) is 13.2 Å². The van der Waals surface area contributed by atoms with Crippen LogP contribution in [0.5, 0.6) is 11.5 Å². The van der Waals surface area contributed by atoms with E-state index < -0.39 is 0 Å². The minimum absolute atomic E-state index is 0.116. The number of carbonyl (C=O) groups is 1. The molecule has 0 amide bonds.